The van der Waals surface area contributed by atoms with Gasteiger partial charge in [0.2, 0.25) is 0 Å². The number of hydrogen-bond donors (Lipinski definition) is 1. The molecule has 2 atom stereocenters. The lowest BCUT2D eigenvalue weighted by molar-refractivity contribution is -0.156. The predicted octanol–water partition coefficient (Wildman–Crippen LogP) is 3.35. The second kappa shape index (κ2) is 8.09. The number of nitrogens with one attached hydrogen (secondary N) is 1. The number of esters is 1. The lowest BCUT2D eigenvalue weighted by Crippen LogP contribution is -2.39. The number of carbonyl (C=O) groups is 2. The van der Waals surface area contributed by atoms with Crippen LogP contribution in [0.3, 0.4) is 0 Å². The molecule has 5 nitrogen and oxygen atoms in total. The van der Waals surface area contributed by atoms with Crippen molar-refractivity contribution in [2.24, 2.45) is 5.92 Å². The average Bonchev–Trinajstić information content (AvgIpc) is 2.85. The minimum atomic E-state index is -1.01. The summed E-state index contributed by atoms with van der Waals surface area (Å²) in [6.07, 6.45) is 7.47. The number of aromatic nitrogens is 1. The van der Waals surface area contributed by atoms with Crippen LogP contribution in [0.2, 0.25) is 0 Å². The third-order valence-electron chi connectivity index (χ3n) is 4.39. The van der Waals surface area contributed by atoms with E-state index in [0.29, 0.717) is 12.2 Å². The molecular formula is C18H26N2O3. The summed E-state index contributed by atoms with van der Waals surface area (Å²) >= 11 is 0. The Morgan fingerprint density at radius 3 is 2.91 bits per heavy atom. The van der Waals surface area contributed by atoms with Crippen molar-refractivity contribution in [2.75, 3.05) is 11.9 Å². The van der Waals surface area contributed by atoms with Crippen molar-refractivity contribution < 1.29 is 14.3 Å². The Morgan fingerprint density at radius 1 is 1.39 bits per heavy atom. The van der Waals surface area contributed by atoms with Gasteiger partial charge in [0.15, 0.2) is 11.4 Å². The number of carbonyl (C=O) groups excluding carboxylic acids is 2. The quantitative estimate of drug-likeness (QED) is 0.558. The van der Waals surface area contributed by atoms with E-state index in [9.17, 15) is 9.59 Å². The lowest BCUT2D eigenvalue weighted by Gasteiger charge is -2.21. The Morgan fingerprint density at radius 2 is 2.22 bits per heavy atom. The van der Waals surface area contributed by atoms with Crippen LogP contribution in [0.25, 0.3) is 0 Å². The number of Topliss-reactive ketones (excluding diaryl/α,β-unsaturated/α-hetero) is 1. The van der Waals surface area contributed by atoms with Crippen molar-refractivity contribution in [3.63, 3.8) is 0 Å². The fraction of sp³-hybridized carbons (Fsp3) is 0.611. The molecule has 5 heteroatoms. The van der Waals surface area contributed by atoms with Crippen molar-refractivity contribution in [1.29, 1.82) is 0 Å². The van der Waals surface area contributed by atoms with Crippen LogP contribution in [0.1, 0.15) is 52.4 Å². The first-order chi connectivity index (χ1) is 11.0. The highest BCUT2D eigenvalue weighted by atomic mass is 16.6. The van der Waals surface area contributed by atoms with Crippen LogP contribution in [-0.4, -0.2) is 28.9 Å². The van der Waals surface area contributed by atoms with Gasteiger partial charge in [-0.15, -0.1) is 0 Å². The molecular weight excluding hydrogens is 292 g/mol. The molecule has 0 saturated carbocycles. The minimum absolute atomic E-state index is 0.104. The molecule has 0 unspecified atom stereocenters. The zero-order valence-electron chi connectivity index (χ0n) is 14.0. The first-order valence-electron chi connectivity index (χ1n) is 8.46. The van der Waals surface area contributed by atoms with Gasteiger partial charge in [0.1, 0.15) is 5.82 Å². The summed E-state index contributed by atoms with van der Waals surface area (Å²) in [4.78, 5) is 28.6. The Balaban J connectivity index is 1.83. The summed E-state index contributed by atoms with van der Waals surface area (Å²) in [6.45, 7) is 4.00. The van der Waals surface area contributed by atoms with Gasteiger partial charge in [-0.2, -0.15) is 0 Å². The molecule has 1 aliphatic rings. The Kier molecular flexibility index (Phi) is 6.13. The van der Waals surface area contributed by atoms with E-state index in [2.05, 4.69) is 17.2 Å². The summed E-state index contributed by atoms with van der Waals surface area (Å²) < 4.78 is 5.42. The smallest absolute Gasteiger partial charge is 0.310 e. The fourth-order valence-corrected chi connectivity index (χ4v) is 2.93. The molecule has 1 aromatic rings. The van der Waals surface area contributed by atoms with Crippen molar-refractivity contribution >= 4 is 17.6 Å². The van der Waals surface area contributed by atoms with Gasteiger partial charge in [0, 0.05) is 12.6 Å². The van der Waals surface area contributed by atoms with Gasteiger partial charge in [0.25, 0.3) is 0 Å². The maximum absolute atomic E-state index is 12.4. The highest BCUT2D eigenvalue weighted by Crippen LogP contribution is 2.34. The largest absolute Gasteiger partial charge is 0.451 e. The van der Waals surface area contributed by atoms with E-state index in [1.807, 2.05) is 12.1 Å². The summed E-state index contributed by atoms with van der Waals surface area (Å²) in [6, 6.07) is 5.46. The van der Waals surface area contributed by atoms with Crippen LogP contribution in [0, 0.1) is 5.92 Å². The molecule has 0 radical (unpaired) electrons. The van der Waals surface area contributed by atoms with Crippen molar-refractivity contribution in [3.05, 3.63) is 24.4 Å². The molecule has 126 valence electrons. The number of unbranched alkanes of at least 4 members (excludes halogenated alkanes) is 3. The molecule has 1 aromatic heterocycles. The molecule has 2 rings (SSSR count). The topological polar surface area (TPSA) is 68.3 Å². The van der Waals surface area contributed by atoms with Crippen LogP contribution in [-0.2, 0) is 14.3 Å². The highest BCUT2D eigenvalue weighted by Gasteiger charge is 2.47. The maximum atomic E-state index is 12.4. The highest BCUT2D eigenvalue weighted by molar-refractivity contribution is 5.94. The van der Waals surface area contributed by atoms with Crippen LogP contribution in [0.4, 0.5) is 5.82 Å². The third kappa shape index (κ3) is 4.78. The first-order valence-corrected chi connectivity index (χ1v) is 8.46. The molecule has 0 bridgehead atoms. The van der Waals surface area contributed by atoms with Crippen molar-refractivity contribution in [1.82, 2.24) is 4.98 Å². The monoisotopic (exact) mass is 318 g/mol. The second-order valence-electron chi connectivity index (χ2n) is 6.39. The Hall–Kier alpha value is -1.91. The number of anilines is 1. The van der Waals surface area contributed by atoms with Gasteiger partial charge < -0.3 is 10.1 Å². The average molecular weight is 318 g/mol. The molecule has 0 aliphatic carbocycles. The van der Waals surface area contributed by atoms with Crippen molar-refractivity contribution in [3.8, 4) is 0 Å². The van der Waals surface area contributed by atoms with Gasteiger partial charge in [0.05, 0.1) is 12.5 Å². The standard InChI is InChI=1S/C18H26N2O3/c1-3-4-5-6-9-14-12-18(2,23-17(14)22)15(21)13-20-16-10-7-8-11-19-16/h7-8,10-11,14H,3-6,9,12-13H2,1-2H3,(H,19,20)/t14-,18-/m0/s1. The summed E-state index contributed by atoms with van der Waals surface area (Å²) in [5.41, 5.74) is -1.01. The number of nitrogens with zero attached hydrogens (tertiary/aromatic N) is 1. The molecule has 1 N–H and O–H groups in total. The van der Waals surface area contributed by atoms with Crippen LogP contribution in [0.5, 0.6) is 0 Å². The van der Waals surface area contributed by atoms with Crippen molar-refractivity contribution in [2.45, 2.75) is 58.0 Å². The SMILES string of the molecule is CCCCCC[C@H]1C[C@@](C)(C(=O)CNc2ccccn2)OC1=O. The number of ketones is 1. The normalized spacial score (nSPS) is 23.6. The molecule has 0 spiro atoms. The molecule has 1 saturated heterocycles. The zero-order chi connectivity index (χ0) is 16.7. The third-order valence-corrected chi connectivity index (χ3v) is 4.39. The van der Waals surface area contributed by atoms with Gasteiger partial charge >= 0.3 is 5.97 Å². The van der Waals surface area contributed by atoms with E-state index >= 15 is 0 Å². The Bertz CT molecular complexity index is 532. The molecule has 0 amide bonds. The van der Waals surface area contributed by atoms with E-state index < -0.39 is 5.60 Å². The molecule has 1 fully saturated rings. The Labute approximate surface area is 137 Å². The maximum Gasteiger partial charge on any atom is 0.310 e. The lowest BCUT2D eigenvalue weighted by atomic mass is 9.89. The number of cyclic esters (lactones) is 1. The number of hydrogen-bond acceptors (Lipinski definition) is 5. The van der Waals surface area contributed by atoms with Gasteiger partial charge in [-0.3, -0.25) is 9.59 Å². The predicted molar refractivity (Wildman–Crippen MR) is 89.1 cm³/mol. The minimum Gasteiger partial charge on any atom is -0.451 e. The zero-order valence-corrected chi connectivity index (χ0v) is 14.0. The number of ether oxygens (including phenoxy) is 1. The first kappa shape index (κ1) is 17.4. The fourth-order valence-electron chi connectivity index (χ4n) is 2.93. The summed E-state index contributed by atoms with van der Waals surface area (Å²) in [5.74, 6) is 0.170. The molecule has 0 aromatic carbocycles. The second-order valence-corrected chi connectivity index (χ2v) is 6.39. The van der Waals surface area contributed by atoms with Gasteiger partial charge in [-0.25, -0.2) is 4.98 Å². The number of rotatable bonds is 9. The van der Waals surface area contributed by atoms with Gasteiger partial charge in [-0.05, 0) is 25.5 Å². The van der Waals surface area contributed by atoms with E-state index in [1.54, 1.807) is 19.2 Å². The molecule has 2 heterocycles. The van der Waals surface area contributed by atoms with E-state index in [-0.39, 0.29) is 24.2 Å². The van der Waals surface area contributed by atoms with E-state index in [4.69, 9.17) is 4.74 Å². The van der Waals surface area contributed by atoms with Gasteiger partial charge in [-0.1, -0.05) is 38.7 Å². The molecule has 23 heavy (non-hydrogen) atoms. The summed E-state index contributed by atoms with van der Waals surface area (Å²) in [5, 5.41) is 2.98. The summed E-state index contributed by atoms with van der Waals surface area (Å²) in [7, 11) is 0. The van der Waals surface area contributed by atoms with Crippen LogP contribution < -0.4 is 5.32 Å². The number of pyridine rings is 1. The van der Waals surface area contributed by atoms with Crippen LogP contribution >= 0.6 is 0 Å². The van der Waals surface area contributed by atoms with Crippen LogP contribution in [0.15, 0.2) is 24.4 Å². The molecule has 1 aliphatic heterocycles. The van der Waals surface area contributed by atoms with E-state index in [0.717, 1.165) is 19.3 Å². The van der Waals surface area contributed by atoms with E-state index in [1.165, 1.54) is 12.8 Å².